The molecule has 0 fully saturated rings. The molecule has 0 aliphatic carbocycles. The Labute approximate surface area is 86.2 Å². The van der Waals surface area contributed by atoms with Crippen molar-refractivity contribution >= 4 is 15.9 Å². The molecule has 0 unspecified atom stereocenters. The second-order valence-electron chi connectivity index (χ2n) is 2.38. The van der Waals surface area contributed by atoms with Gasteiger partial charge in [0.25, 0.3) is 0 Å². The summed E-state index contributed by atoms with van der Waals surface area (Å²) >= 11 is 2.90. The Hall–Kier alpha value is -0.820. The standard InChI is InChI=1S/C7H6BrF3N2O/c8-5-1-4(2-12)3-13-6(5)14-7(9,10)11/h1,3H,2,12H2. The summed E-state index contributed by atoms with van der Waals surface area (Å²) in [6.07, 6.45) is -3.51. The topological polar surface area (TPSA) is 48.1 Å². The number of pyridine rings is 1. The molecule has 0 aliphatic rings. The number of nitrogens with two attached hydrogens (primary N) is 1. The van der Waals surface area contributed by atoms with E-state index in [9.17, 15) is 13.2 Å². The lowest BCUT2D eigenvalue weighted by atomic mass is 10.3. The summed E-state index contributed by atoms with van der Waals surface area (Å²) in [5.74, 6) is -0.519. The Kier molecular flexibility index (Phi) is 3.33. The van der Waals surface area contributed by atoms with Crippen LogP contribution in [0.1, 0.15) is 5.56 Å². The van der Waals surface area contributed by atoms with Gasteiger partial charge in [0.15, 0.2) is 0 Å². The van der Waals surface area contributed by atoms with Crippen LogP contribution in [0.2, 0.25) is 0 Å². The van der Waals surface area contributed by atoms with Gasteiger partial charge in [-0.2, -0.15) is 0 Å². The van der Waals surface area contributed by atoms with Crippen LogP contribution in [0.15, 0.2) is 16.7 Å². The highest BCUT2D eigenvalue weighted by molar-refractivity contribution is 9.10. The van der Waals surface area contributed by atoms with Gasteiger partial charge in [0.05, 0.1) is 4.47 Å². The lowest BCUT2D eigenvalue weighted by Gasteiger charge is -2.09. The molecule has 0 spiro atoms. The van der Waals surface area contributed by atoms with E-state index in [-0.39, 0.29) is 11.0 Å². The Morgan fingerprint density at radius 1 is 1.50 bits per heavy atom. The molecule has 0 amide bonds. The summed E-state index contributed by atoms with van der Waals surface area (Å²) in [6, 6.07) is 1.42. The second kappa shape index (κ2) is 4.14. The summed E-state index contributed by atoms with van der Waals surface area (Å²) in [5.41, 5.74) is 5.89. The van der Waals surface area contributed by atoms with Gasteiger partial charge < -0.3 is 10.5 Å². The number of nitrogens with zero attached hydrogens (tertiary/aromatic N) is 1. The average Bonchev–Trinajstić information content (AvgIpc) is 2.06. The minimum atomic E-state index is -4.74. The molecular weight excluding hydrogens is 265 g/mol. The van der Waals surface area contributed by atoms with Crippen molar-refractivity contribution in [1.29, 1.82) is 0 Å². The zero-order valence-electron chi connectivity index (χ0n) is 6.81. The summed E-state index contributed by atoms with van der Waals surface area (Å²) in [5, 5.41) is 0. The van der Waals surface area contributed by atoms with Crippen molar-refractivity contribution in [3.8, 4) is 5.88 Å². The first kappa shape index (κ1) is 11.3. The number of halogens is 4. The summed E-state index contributed by atoms with van der Waals surface area (Å²) in [4.78, 5) is 3.47. The Morgan fingerprint density at radius 2 is 2.14 bits per heavy atom. The van der Waals surface area contributed by atoms with Crippen molar-refractivity contribution in [2.24, 2.45) is 5.73 Å². The van der Waals surface area contributed by atoms with E-state index in [2.05, 4.69) is 25.7 Å². The van der Waals surface area contributed by atoms with E-state index in [1.165, 1.54) is 12.3 Å². The van der Waals surface area contributed by atoms with Gasteiger partial charge in [0.2, 0.25) is 5.88 Å². The maximum absolute atomic E-state index is 11.8. The molecule has 1 rings (SSSR count). The lowest BCUT2D eigenvalue weighted by molar-refractivity contribution is -0.276. The zero-order chi connectivity index (χ0) is 10.8. The van der Waals surface area contributed by atoms with E-state index in [0.717, 1.165) is 0 Å². The van der Waals surface area contributed by atoms with Gasteiger partial charge in [-0.05, 0) is 27.6 Å². The molecule has 1 aromatic heterocycles. The molecule has 1 heterocycles. The zero-order valence-corrected chi connectivity index (χ0v) is 8.39. The van der Waals surface area contributed by atoms with Crippen LogP contribution in [-0.4, -0.2) is 11.3 Å². The van der Waals surface area contributed by atoms with E-state index in [1.807, 2.05) is 0 Å². The van der Waals surface area contributed by atoms with Crippen molar-refractivity contribution in [2.75, 3.05) is 0 Å². The molecule has 0 aromatic carbocycles. The van der Waals surface area contributed by atoms with E-state index in [1.54, 1.807) is 0 Å². The number of rotatable bonds is 2. The first-order valence-electron chi connectivity index (χ1n) is 3.52. The third-order valence-electron chi connectivity index (χ3n) is 1.31. The fraction of sp³-hybridized carbons (Fsp3) is 0.286. The molecule has 78 valence electrons. The molecule has 1 aromatic rings. The molecule has 0 saturated carbocycles. The maximum atomic E-state index is 11.8. The van der Waals surface area contributed by atoms with Crippen LogP contribution in [0.5, 0.6) is 5.88 Å². The number of hydrogen-bond donors (Lipinski definition) is 1. The highest BCUT2D eigenvalue weighted by Crippen LogP contribution is 2.28. The van der Waals surface area contributed by atoms with Gasteiger partial charge in [-0.1, -0.05) is 0 Å². The van der Waals surface area contributed by atoms with Gasteiger partial charge in [0.1, 0.15) is 0 Å². The second-order valence-corrected chi connectivity index (χ2v) is 3.24. The SMILES string of the molecule is NCc1cnc(OC(F)(F)F)c(Br)c1. The molecule has 0 saturated heterocycles. The summed E-state index contributed by atoms with van der Waals surface area (Å²) in [7, 11) is 0. The predicted octanol–water partition coefficient (Wildman–Crippen LogP) is 2.20. The van der Waals surface area contributed by atoms with Crippen molar-refractivity contribution in [3.63, 3.8) is 0 Å². The van der Waals surface area contributed by atoms with Crippen LogP contribution >= 0.6 is 15.9 Å². The van der Waals surface area contributed by atoms with E-state index in [0.29, 0.717) is 5.56 Å². The third-order valence-corrected chi connectivity index (χ3v) is 1.88. The smallest absolute Gasteiger partial charge is 0.387 e. The van der Waals surface area contributed by atoms with Crippen LogP contribution < -0.4 is 10.5 Å². The first-order valence-corrected chi connectivity index (χ1v) is 4.32. The summed E-state index contributed by atoms with van der Waals surface area (Å²) in [6.45, 7) is 0.206. The minimum Gasteiger partial charge on any atom is -0.387 e. The molecule has 3 nitrogen and oxygen atoms in total. The average molecular weight is 271 g/mol. The van der Waals surface area contributed by atoms with Crippen molar-refractivity contribution in [3.05, 3.63) is 22.3 Å². The van der Waals surface area contributed by atoms with Crippen molar-refractivity contribution in [1.82, 2.24) is 4.98 Å². The predicted molar refractivity (Wildman–Crippen MR) is 46.5 cm³/mol. The van der Waals surface area contributed by atoms with Gasteiger partial charge in [-0.15, -0.1) is 13.2 Å². The molecule has 2 N–H and O–H groups in total. The van der Waals surface area contributed by atoms with E-state index in [4.69, 9.17) is 5.73 Å². The molecule has 0 radical (unpaired) electrons. The van der Waals surface area contributed by atoms with E-state index >= 15 is 0 Å². The highest BCUT2D eigenvalue weighted by atomic mass is 79.9. The first-order chi connectivity index (χ1) is 6.42. The molecule has 0 bridgehead atoms. The molecule has 14 heavy (non-hydrogen) atoms. The maximum Gasteiger partial charge on any atom is 0.574 e. The monoisotopic (exact) mass is 270 g/mol. The Bertz CT molecular complexity index is 329. The Balaban J connectivity index is 2.89. The fourth-order valence-electron chi connectivity index (χ4n) is 0.761. The molecule has 0 atom stereocenters. The lowest BCUT2D eigenvalue weighted by Crippen LogP contribution is -2.18. The number of aromatic nitrogens is 1. The van der Waals surface area contributed by atoms with E-state index < -0.39 is 12.2 Å². The van der Waals surface area contributed by atoms with Gasteiger partial charge >= 0.3 is 6.36 Å². The molecule has 0 aliphatic heterocycles. The van der Waals surface area contributed by atoms with Crippen molar-refractivity contribution < 1.29 is 17.9 Å². The van der Waals surface area contributed by atoms with Gasteiger partial charge in [-0.3, -0.25) is 0 Å². The van der Waals surface area contributed by atoms with Crippen LogP contribution in [-0.2, 0) is 6.54 Å². The van der Waals surface area contributed by atoms with Crippen LogP contribution in [0.25, 0.3) is 0 Å². The van der Waals surface area contributed by atoms with Gasteiger partial charge in [0, 0.05) is 12.7 Å². The largest absolute Gasteiger partial charge is 0.574 e. The number of ether oxygens (including phenoxy) is 1. The van der Waals surface area contributed by atoms with Crippen LogP contribution in [0.3, 0.4) is 0 Å². The Morgan fingerprint density at radius 3 is 2.57 bits per heavy atom. The summed E-state index contributed by atoms with van der Waals surface area (Å²) < 4.78 is 39.1. The fourth-order valence-corrected chi connectivity index (χ4v) is 1.24. The number of hydrogen-bond acceptors (Lipinski definition) is 3. The van der Waals surface area contributed by atoms with Crippen LogP contribution in [0.4, 0.5) is 13.2 Å². The normalized spacial score (nSPS) is 11.5. The molecular formula is C7H6BrF3N2O. The minimum absolute atomic E-state index is 0.123. The van der Waals surface area contributed by atoms with Crippen molar-refractivity contribution in [2.45, 2.75) is 12.9 Å². The number of alkyl halides is 3. The van der Waals surface area contributed by atoms with Gasteiger partial charge in [-0.25, -0.2) is 4.98 Å². The van der Waals surface area contributed by atoms with Crippen LogP contribution in [0, 0.1) is 0 Å². The molecule has 7 heteroatoms. The highest BCUT2D eigenvalue weighted by Gasteiger charge is 2.32. The third kappa shape index (κ3) is 3.15. The quantitative estimate of drug-likeness (QED) is 0.897.